The van der Waals surface area contributed by atoms with Gasteiger partial charge in [-0.05, 0) is 67.8 Å². The van der Waals surface area contributed by atoms with Gasteiger partial charge in [0.25, 0.3) is 10.0 Å². The van der Waals surface area contributed by atoms with Crippen molar-refractivity contribution < 1.29 is 22.7 Å². The average Bonchev–Trinajstić information content (AvgIpc) is 2.96. The number of nitrogens with one attached hydrogen (secondary N) is 1. The van der Waals surface area contributed by atoms with Gasteiger partial charge in [0.05, 0.1) is 17.2 Å². The summed E-state index contributed by atoms with van der Waals surface area (Å²) in [5.74, 6) is -0.260. The maximum Gasteiger partial charge on any atom is 0.264 e. The second-order valence-corrected chi connectivity index (χ2v) is 11.3. The lowest BCUT2D eigenvalue weighted by atomic mass is 10.1. The molecule has 40 heavy (non-hydrogen) atoms. The molecule has 3 aromatic carbocycles. The van der Waals surface area contributed by atoms with Gasteiger partial charge in [0.2, 0.25) is 11.8 Å². The Labute approximate surface area is 241 Å². The summed E-state index contributed by atoms with van der Waals surface area (Å²) < 4.78 is 34.3. The number of ether oxygens (including phenoxy) is 1. The fraction of sp³-hybridized carbons (Fsp3) is 0.333. The van der Waals surface area contributed by atoms with Crippen LogP contribution in [0.3, 0.4) is 0 Å². The van der Waals surface area contributed by atoms with Gasteiger partial charge in [0.1, 0.15) is 18.3 Å². The summed E-state index contributed by atoms with van der Waals surface area (Å²) in [5.41, 5.74) is 0.944. The van der Waals surface area contributed by atoms with Crippen LogP contribution in [-0.2, 0) is 26.2 Å². The maximum absolute atomic E-state index is 14.0. The Hall–Kier alpha value is -3.56. The first-order valence-corrected chi connectivity index (χ1v) is 15.2. The van der Waals surface area contributed by atoms with Gasteiger partial charge >= 0.3 is 0 Å². The normalized spacial score (nSPS) is 11.9. The first-order chi connectivity index (χ1) is 19.2. The van der Waals surface area contributed by atoms with E-state index < -0.39 is 28.5 Å². The van der Waals surface area contributed by atoms with Gasteiger partial charge < -0.3 is 15.0 Å². The number of nitrogens with zero attached hydrogens (tertiary/aromatic N) is 2. The molecule has 10 heteroatoms. The first kappa shape index (κ1) is 31.0. The molecular formula is C30H36ClN3O5S. The molecule has 0 saturated carbocycles. The van der Waals surface area contributed by atoms with Crippen molar-refractivity contribution >= 4 is 39.1 Å². The van der Waals surface area contributed by atoms with Crippen molar-refractivity contribution in [2.24, 2.45) is 0 Å². The molecule has 0 spiro atoms. The molecule has 0 bridgehead atoms. The Morgan fingerprint density at radius 2 is 1.57 bits per heavy atom. The van der Waals surface area contributed by atoms with Crippen molar-refractivity contribution in [3.8, 4) is 5.75 Å². The highest BCUT2D eigenvalue weighted by molar-refractivity contribution is 7.92. The molecule has 0 aliphatic rings. The van der Waals surface area contributed by atoms with E-state index in [2.05, 4.69) is 5.32 Å². The van der Waals surface area contributed by atoms with Crippen molar-refractivity contribution in [2.75, 3.05) is 24.0 Å². The number of amides is 2. The van der Waals surface area contributed by atoms with E-state index in [1.807, 2.05) is 20.8 Å². The number of hydrogen-bond donors (Lipinski definition) is 1. The highest BCUT2D eigenvalue weighted by Gasteiger charge is 2.33. The van der Waals surface area contributed by atoms with Gasteiger partial charge in [-0.1, -0.05) is 61.8 Å². The van der Waals surface area contributed by atoms with Gasteiger partial charge in [-0.3, -0.25) is 13.9 Å². The van der Waals surface area contributed by atoms with Crippen molar-refractivity contribution in [1.29, 1.82) is 0 Å². The minimum Gasteiger partial charge on any atom is -0.494 e. The number of hydrogen-bond acceptors (Lipinski definition) is 5. The third-order valence-electron chi connectivity index (χ3n) is 6.28. The van der Waals surface area contributed by atoms with E-state index in [1.54, 1.807) is 66.7 Å². The van der Waals surface area contributed by atoms with E-state index in [0.29, 0.717) is 41.6 Å². The number of benzene rings is 3. The predicted octanol–water partition coefficient (Wildman–Crippen LogP) is 5.27. The molecule has 3 aromatic rings. The van der Waals surface area contributed by atoms with E-state index in [-0.39, 0.29) is 17.3 Å². The van der Waals surface area contributed by atoms with Gasteiger partial charge in [0.15, 0.2) is 0 Å². The zero-order valence-corrected chi connectivity index (χ0v) is 24.6. The van der Waals surface area contributed by atoms with Crippen LogP contribution in [0.15, 0.2) is 83.8 Å². The number of halogens is 1. The number of rotatable bonds is 14. The van der Waals surface area contributed by atoms with Crippen LogP contribution in [0.2, 0.25) is 5.02 Å². The topological polar surface area (TPSA) is 96.0 Å². The third-order valence-corrected chi connectivity index (χ3v) is 8.44. The van der Waals surface area contributed by atoms with E-state index in [4.69, 9.17) is 16.3 Å². The molecule has 3 rings (SSSR count). The Bertz CT molecular complexity index is 1370. The fourth-order valence-electron chi connectivity index (χ4n) is 4.22. The van der Waals surface area contributed by atoms with Crippen LogP contribution >= 0.6 is 11.6 Å². The van der Waals surface area contributed by atoms with Crippen molar-refractivity contribution in [3.05, 3.63) is 89.4 Å². The van der Waals surface area contributed by atoms with Crippen LogP contribution in [0.5, 0.6) is 5.75 Å². The second-order valence-electron chi connectivity index (χ2n) is 9.08. The molecule has 0 unspecified atom stereocenters. The maximum atomic E-state index is 14.0. The molecule has 8 nitrogen and oxygen atoms in total. The Morgan fingerprint density at radius 3 is 2.17 bits per heavy atom. The summed E-state index contributed by atoms with van der Waals surface area (Å²) >= 11 is 6.42. The van der Waals surface area contributed by atoms with Gasteiger partial charge in [-0.2, -0.15) is 0 Å². The monoisotopic (exact) mass is 585 g/mol. The van der Waals surface area contributed by atoms with Crippen molar-refractivity contribution in [1.82, 2.24) is 10.2 Å². The van der Waals surface area contributed by atoms with Crippen molar-refractivity contribution in [3.63, 3.8) is 0 Å². The van der Waals surface area contributed by atoms with Crippen LogP contribution in [0.1, 0.15) is 39.2 Å². The number of anilines is 1. The van der Waals surface area contributed by atoms with Gasteiger partial charge in [0, 0.05) is 18.1 Å². The van der Waals surface area contributed by atoms with E-state index in [1.165, 1.54) is 17.0 Å². The van der Waals surface area contributed by atoms with Crippen LogP contribution < -0.4 is 14.4 Å². The Kier molecular flexibility index (Phi) is 11.4. The highest BCUT2D eigenvalue weighted by Crippen LogP contribution is 2.27. The van der Waals surface area contributed by atoms with E-state index >= 15 is 0 Å². The van der Waals surface area contributed by atoms with Crippen LogP contribution in [0.25, 0.3) is 0 Å². The quantitative estimate of drug-likeness (QED) is 0.278. The summed E-state index contributed by atoms with van der Waals surface area (Å²) in [6.07, 6.45) is 1.07. The molecule has 214 valence electrons. The predicted molar refractivity (Wildman–Crippen MR) is 158 cm³/mol. The zero-order valence-electron chi connectivity index (χ0n) is 23.0. The molecule has 1 N–H and O–H groups in total. The zero-order chi connectivity index (χ0) is 29.1. The lowest BCUT2D eigenvalue weighted by Crippen LogP contribution is -2.52. The summed E-state index contributed by atoms with van der Waals surface area (Å²) in [6.45, 7) is 6.05. The summed E-state index contributed by atoms with van der Waals surface area (Å²) in [5, 5.41) is 3.32. The Morgan fingerprint density at radius 1 is 0.925 bits per heavy atom. The molecule has 0 heterocycles. The van der Waals surface area contributed by atoms with Crippen LogP contribution in [-0.4, -0.2) is 50.9 Å². The molecule has 1 atom stereocenters. The lowest BCUT2D eigenvalue weighted by Gasteiger charge is -2.33. The number of sulfonamides is 1. The average molecular weight is 586 g/mol. The summed E-state index contributed by atoms with van der Waals surface area (Å²) in [6, 6.07) is 20.7. The molecule has 0 fully saturated rings. The SMILES string of the molecule is CCCNC(=O)[C@H](CC)N(Cc1ccccc1Cl)C(=O)CN(c1ccc(OCC)cc1)S(=O)(=O)c1ccccc1. The molecule has 2 amide bonds. The smallest absolute Gasteiger partial charge is 0.264 e. The minimum atomic E-state index is -4.14. The molecular weight excluding hydrogens is 550 g/mol. The van der Waals surface area contributed by atoms with Crippen molar-refractivity contribution in [2.45, 2.75) is 51.1 Å². The summed E-state index contributed by atoms with van der Waals surface area (Å²) in [7, 11) is -4.14. The highest BCUT2D eigenvalue weighted by atomic mass is 35.5. The van der Waals surface area contributed by atoms with Crippen LogP contribution in [0, 0.1) is 0 Å². The molecule has 0 aromatic heterocycles. The first-order valence-electron chi connectivity index (χ1n) is 13.3. The summed E-state index contributed by atoms with van der Waals surface area (Å²) in [4.78, 5) is 28.6. The molecule has 0 aliphatic carbocycles. The van der Waals surface area contributed by atoms with Gasteiger partial charge in [-0.15, -0.1) is 0 Å². The Balaban J connectivity index is 2.05. The second kappa shape index (κ2) is 14.7. The minimum absolute atomic E-state index is 0.0407. The largest absolute Gasteiger partial charge is 0.494 e. The standard InChI is InChI=1S/C30H36ClN3O5S/c1-4-20-32-30(36)28(5-2)33(21-23-12-10-11-15-27(23)31)29(35)22-34(24-16-18-25(19-17-24)39-6-3)40(37,38)26-13-8-7-9-14-26/h7-19,28H,4-6,20-22H2,1-3H3,(H,32,36)/t28-/m0/s1. The number of carbonyl (C=O) groups is 2. The van der Waals surface area contributed by atoms with E-state index in [0.717, 1.165) is 10.7 Å². The van der Waals surface area contributed by atoms with E-state index in [9.17, 15) is 18.0 Å². The molecule has 0 saturated heterocycles. The molecule has 0 aliphatic heterocycles. The fourth-order valence-corrected chi connectivity index (χ4v) is 5.85. The van der Waals surface area contributed by atoms with Gasteiger partial charge in [-0.25, -0.2) is 8.42 Å². The third kappa shape index (κ3) is 7.76. The van der Waals surface area contributed by atoms with Crippen LogP contribution in [0.4, 0.5) is 5.69 Å². The lowest BCUT2D eigenvalue weighted by molar-refractivity contribution is -0.140. The number of carbonyl (C=O) groups excluding carboxylic acids is 2. The molecule has 0 radical (unpaired) electrons.